The second kappa shape index (κ2) is 5.98. The van der Waals surface area contributed by atoms with Gasteiger partial charge < -0.3 is 9.88 Å². The third kappa shape index (κ3) is 2.67. The Kier molecular flexibility index (Phi) is 4.02. The number of hydrogen-bond acceptors (Lipinski definition) is 4. The van der Waals surface area contributed by atoms with Gasteiger partial charge in [-0.25, -0.2) is 4.98 Å². The molecule has 1 aliphatic rings. The molecule has 122 valence electrons. The fraction of sp³-hybridized carbons (Fsp3) is 0.500. The van der Waals surface area contributed by atoms with E-state index in [1.807, 2.05) is 18.7 Å². The van der Waals surface area contributed by atoms with Crippen molar-refractivity contribution in [2.75, 3.05) is 6.54 Å². The first-order valence-corrected chi connectivity index (χ1v) is 7.87. The Labute approximate surface area is 134 Å². The van der Waals surface area contributed by atoms with Crippen molar-refractivity contribution in [1.82, 2.24) is 25.1 Å². The van der Waals surface area contributed by atoms with Gasteiger partial charge in [0.15, 0.2) is 5.78 Å². The summed E-state index contributed by atoms with van der Waals surface area (Å²) in [5.41, 5.74) is 2.58. The molecule has 0 aromatic carbocycles. The Bertz CT molecular complexity index is 732. The van der Waals surface area contributed by atoms with Crippen molar-refractivity contribution in [3.8, 4) is 0 Å². The number of aromatic nitrogens is 4. The topological polar surface area (TPSA) is 94.7 Å². The summed E-state index contributed by atoms with van der Waals surface area (Å²) >= 11 is 0. The van der Waals surface area contributed by atoms with Crippen LogP contribution in [0.3, 0.4) is 0 Å². The van der Waals surface area contributed by atoms with Crippen LogP contribution in [-0.2, 0) is 0 Å². The highest BCUT2D eigenvalue weighted by Crippen LogP contribution is 2.31. The van der Waals surface area contributed by atoms with E-state index in [4.69, 9.17) is 0 Å². The molecule has 7 nitrogen and oxygen atoms in total. The van der Waals surface area contributed by atoms with Crippen molar-refractivity contribution in [2.24, 2.45) is 0 Å². The minimum absolute atomic E-state index is 0.0271. The number of aromatic amines is 2. The highest BCUT2D eigenvalue weighted by atomic mass is 16.2. The highest BCUT2D eigenvalue weighted by molar-refractivity contribution is 6.02. The molecule has 23 heavy (non-hydrogen) atoms. The number of carbonyl (C=O) groups excluding carboxylic acids is 2. The zero-order valence-corrected chi connectivity index (χ0v) is 13.6. The third-order valence-corrected chi connectivity index (χ3v) is 4.52. The Hall–Kier alpha value is -2.44. The summed E-state index contributed by atoms with van der Waals surface area (Å²) in [7, 11) is 0. The van der Waals surface area contributed by atoms with E-state index in [1.54, 1.807) is 0 Å². The van der Waals surface area contributed by atoms with Crippen LogP contribution in [0.25, 0.3) is 0 Å². The summed E-state index contributed by atoms with van der Waals surface area (Å²) < 4.78 is 0. The van der Waals surface area contributed by atoms with Gasteiger partial charge in [0.2, 0.25) is 0 Å². The largest absolute Gasteiger partial charge is 0.354 e. The summed E-state index contributed by atoms with van der Waals surface area (Å²) in [6.07, 6.45) is 4.34. The van der Waals surface area contributed by atoms with Crippen LogP contribution < -0.4 is 0 Å². The average molecular weight is 315 g/mol. The molecule has 0 bridgehead atoms. The van der Waals surface area contributed by atoms with Gasteiger partial charge in [-0.2, -0.15) is 5.10 Å². The van der Waals surface area contributed by atoms with E-state index in [9.17, 15) is 9.59 Å². The van der Waals surface area contributed by atoms with E-state index >= 15 is 0 Å². The molecule has 2 aromatic rings. The fourth-order valence-corrected chi connectivity index (χ4v) is 3.47. The zero-order valence-electron chi connectivity index (χ0n) is 13.6. The number of nitrogens with zero attached hydrogens (tertiary/aromatic N) is 3. The lowest BCUT2D eigenvalue weighted by atomic mass is 10.00. The van der Waals surface area contributed by atoms with Crippen LogP contribution in [0.1, 0.15) is 70.2 Å². The number of piperidine rings is 1. The molecule has 0 saturated carbocycles. The molecule has 1 fully saturated rings. The lowest BCUT2D eigenvalue weighted by Crippen LogP contribution is -2.39. The van der Waals surface area contributed by atoms with Gasteiger partial charge in [0.25, 0.3) is 5.91 Å². The normalized spacial score (nSPS) is 18.2. The highest BCUT2D eigenvalue weighted by Gasteiger charge is 2.32. The van der Waals surface area contributed by atoms with E-state index in [0.29, 0.717) is 23.6 Å². The molecule has 7 heteroatoms. The number of Topliss-reactive ketones (excluding diaryl/α,β-unsaturated/α-hetero) is 1. The zero-order chi connectivity index (χ0) is 16.6. The molecule has 1 atom stereocenters. The number of ketones is 1. The van der Waals surface area contributed by atoms with Crippen LogP contribution in [-0.4, -0.2) is 43.3 Å². The van der Waals surface area contributed by atoms with E-state index in [2.05, 4.69) is 20.2 Å². The van der Waals surface area contributed by atoms with E-state index in [0.717, 1.165) is 30.5 Å². The van der Waals surface area contributed by atoms with Crippen LogP contribution in [0.15, 0.2) is 6.33 Å². The van der Waals surface area contributed by atoms with Gasteiger partial charge >= 0.3 is 0 Å². The number of carbonyl (C=O) groups is 2. The van der Waals surface area contributed by atoms with Gasteiger partial charge in [-0.3, -0.25) is 14.7 Å². The van der Waals surface area contributed by atoms with Crippen LogP contribution in [0.5, 0.6) is 0 Å². The quantitative estimate of drug-likeness (QED) is 0.850. The predicted octanol–water partition coefficient (Wildman–Crippen LogP) is 2.32. The smallest absolute Gasteiger partial charge is 0.271 e. The standard InChI is InChI=1S/C16H21N5O2/c1-9-13(11(3)22)10(2)19-14(9)16(23)21-7-5-4-6-12(21)15-17-8-18-20-15/h8,12,19H,4-7H2,1-3H3,(H,17,18,20). The van der Waals surface area contributed by atoms with Crippen LogP contribution in [0.2, 0.25) is 0 Å². The summed E-state index contributed by atoms with van der Waals surface area (Å²) in [5, 5.41) is 6.77. The molecule has 0 radical (unpaired) electrons. The van der Waals surface area contributed by atoms with E-state index in [-0.39, 0.29) is 17.7 Å². The number of aryl methyl sites for hydroxylation is 1. The lowest BCUT2D eigenvalue weighted by molar-refractivity contribution is 0.0594. The Morgan fingerprint density at radius 3 is 2.70 bits per heavy atom. The molecule has 2 aromatic heterocycles. The number of likely N-dealkylation sites (tertiary alicyclic amines) is 1. The molecular formula is C16H21N5O2. The third-order valence-electron chi connectivity index (χ3n) is 4.52. The molecule has 0 aliphatic carbocycles. The molecule has 2 N–H and O–H groups in total. The summed E-state index contributed by atoms with van der Waals surface area (Å²) in [6.45, 7) is 5.85. The first-order chi connectivity index (χ1) is 11.0. The molecule has 3 rings (SSSR count). The van der Waals surface area contributed by atoms with Crippen molar-refractivity contribution in [3.05, 3.63) is 34.7 Å². The molecule has 3 heterocycles. The number of H-pyrrole nitrogens is 2. The van der Waals surface area contributed by atoms with Gasteiger partial charge in [-0.15, -0.1) is 0 Å². The second-order valence-corrected chi connectivity index (χ2v) is 6.06. The molecule has 1 aliphatic heterocycles. The first kappa shape index (κ1) is 15.5. The SMILES string of the molecule is CC(=O)c1c(C)[nH]c(C(=O)N2CCCCC2c2ncn[nH]2)c1C. The Morgan fingerprint density at radius 1 is 1.30 bits per heavy atom. The van der Waals surface area contributed by atoms with Gasteiger partial charge in [-0.1, -0.05) is 0 Å². The number of hydrogen-bond donors (Lipinski definition) is 2. The van der Waals surface area contributed by atoms with Gasteiger partial charge in [-0.05, 0) is 45.6 Å². The average Bonchev–Trinajstić information content (AvgIpc) is 3.14. The molecule has 1 saturated heterocycles. The first-order valence-electron chi connectivity index (χ1n) is 7.87. The summed E-state index contributed by atoms with van der Waals surface area (Å²) in [5.74, 6) is 0.603. The van der Waals surface area contributed by atoms with Crippen molar-refractivity contribution in [2.45, 2.75) is 46.1 Å². The van der Waals surface area contributed by atoms with Gasteiger partial charge in [0.1, 0.15) is 17.8 Å². The Morgan fingerprint density at radius 2 is 2.09 bits per heavy atom. The van der Waals surface area contributed by atoms with Crippen molar-refractivity contribution in [1.29, 1.82) is 0 Å². The molecule has 1 amide bonds. The maximum absolute atomic E-state index is 13.0. The molecular weight excluding hydrogens is 294 g/mol. The number of amides is 1. The van der Waals surface area contributed by atoms with Crippen LogP contribution in [0, 0.1) is 13.8 Å². The van der Waals surface area contributed by atoms with Gasteiger partial charge in [0, 0.05) is 17.8 Å². The molecule has 0 spiro atoms. The lowest BCUT2D eigenvalue weighted by Gasteiger charge is -2.34. The van der Waals surface area contributed by atoms with Crippen molar-refractivity contribution < 1.29 is 9.59 Å². The van der Waals surface area contributed by atoms with Gasteiger partial charge in [0.05, 0.1) is 6.04 Å². The molecule has 1 unspecified atom stereocenters. The number of nitrogens with one attached hydrogen (secondary N) is 2. The monoisotopic (exact) mass is 315 g/mol. The van der Waals surface area contributed by atoms with Crippen LogP contribution >= 0.6 is 0 Å². The Balaban J connectivity index is 1.95. The van der Waals surface area contributed by atoms with E-state index < -0.39 is 0 Å². The number of rotatable bonds is 3. The van der Waals surface area contributed by atoms with Crippen molar-refractivity contribution >= 4 is 11.7 Å². The maximum Gasteiger partial charge on any atom is 0.271 e. The van der Waals surface area contributed by atoms with Crippen LogP contribution in [0.4, 0.5) is 0 Å². The van der Waals surface area contributed by atoms with E-state index in [1.165, 1.54) is 13.3 Å². The summed E-state index contributed by atoms with van der Waals surface area (Å²) in [6, 6.07) is -0.0949. The minimum Gasteiger partial charge on any atom is -0.354 e. The fourth-order valence-electron chi connectivity index (χ4n) is 3.47. The second-order valence-electron chi connectivity index (χ2n) is 6.06. The van der Waals surface area contributed by atoms with Crippen molar-refractivity contribution in [3.63, 3.8) is 0 Å². The maximum atomic E-state index is 13.0. The minimum atomic E-state index is -0.0949. The predicted molar refractivity (Wildman–Crippen MR) is 84.3 cm³/mol. The summed E-state index contributed by atoms with van der Waals surface area (Å²) in [4.78, 5) is 34.0.